The van der Waals surface area contributed by atoms with Gasteiger partial charge in [-0.1, -0.05) is 54.7 Å². The van der Waals surface area contributed by atoms with Crippen LogP contribution >= 0.6 is 0 Å². The third-order valence-electron chi connectivity index (χ3n) is 4.60. The number of rotatable bonds is 1. The van der Waals surface area contributed by atoms with Gasteiger partial charge in [0.25, 0.3) is 0 Å². The predicted molar refractivity (Wildman–Crippen MR) is 119 cm³/mol. The summed E-state index contributed by atoms with van der Waals surface area (Å²) in [4.78, 5) is 24.4. The molecule has 0 aromatic rings. The zero-order valence-electron chi connectivity index (χ0n) is 20.1. The SMILES string of the molecule is C1=CC2=NC=NC2C=C1.C1=CC2=NC=NC2C=C1.C1=CC2=NC=NC2C=C1.[O-]C([O-])([O-])C([O-])([O-])[O-].[Zn+2].[Zn+2].[Zn+2]. The zero-order chi connectivity index (χ0) is 25.3. The minimum absolute atomic E-state index is 0. The van der Waals surface area contributed by atoms with Gasteiger partial charge in [0, 0.05) is 0 Å². The first kappa shape index (κ1) is 36.1. The molecular formula is C23H18N6O6Zn3. The maximum absolute atomic E-state index is 9.08. The fourth-order valence-electron chi connectivity index (χ4n) is 2.81. The third-order valence-corrected chi connectivity index (χ3v) is 4.60. The van der Waals surface area contributed by atoms with Crippen molar-refractivity contribution >= 4 is 36.2 Å². The molecule has 0 saturated heterocycles. The minimum atomic E-state index is -4.98. The molecular weight excluding hydrogens is 652 g/mol. The second kappa shape index (κ2) is 16.9. The summed E-state index contributed by atoms with van der Waals surface area (Å²) in [6.45, 7) is 0. The summed E-state index contributed by atoms with van der Waals surface area (Å²) in [6.07, 6.45) is 28.8. The summed E-state index contributed by atoms with van der Waals surface area (Å²) in [5.41, 5.74) is 3.16. The molecule has 0 N–H and O–H groups in total. The minimum Gasteiger partial charge on any atom is -0.879 e. The van der Waals surface area contributed by atoms with Crippen molar-refractivity contribution in [2.45, 2.75) is 30.1 Å². The van der Waals surface area contributed by atoms with Crippen LogP contribution in [0.15, 0.2) is 103 Å². The van der Waals surface area contributed by atoms with Crippen molar-refractivity contribution in [1.82, 2.24) is 0 Å². The molecule has 38 heavy (non-hydrogen) atoms. The van der Waals surface area contributed by atoms with Crippen LogP contribution in [-0.4, -0.2) is 66.2 Å². The molecule has 0 aromatic heterocycles. The number of allylic oxidation sites excluding steroid dienone is 6. The standard InChI is InChI=1S/3C7H6N2.C2O6.3Zn/c3*1-2-4-7-6(3-1)8-5-9-7;3-1(4,5)2(6,7)8;;;/h3*1-6H;;;;/q;;;-6;3*+2. The number of hydrogen-bond donors (Lipinski definition) is 0. The molecule has 0 spiro atoms. The van der Waals surface area contributed by atoms with Crippen LogP contribution in [0.1, 0.15) is 0 Å². The molecule has 3 aliphatic heterocycles. The van der Waals surface area contributed by atoms with Crippen LogP contribution in [0.25, 0.3) is 0 Å². The number of nitrogens with zero attached hydrogens (tertiary/aromatic N) is 6. The van der Waals surface area contributed by atoms with Gasteiger partial charge >= 0.3 is 58.4 Å². The van der Waals surface area contributed by atoms with E-state index in [0.29, 0.717) is 0 Å². The van der Waals surface area contributed by atoms with Crippen LogP contribution in [-0.2, 0) is 58.4 Å². The zero-order valence-corrected chi connectivity index (χ0v) is 29.0. The van der Waals surface area contributed by atoms with Crippen molar-refractivity contribution < 1.29 is 89.1 Å². The van der Waals surface area contributed by atoms with Crippen LogP contribution in [0.2, 0.25) is 0 Å². The first-order valence-corrected chi connectivity index (χ1v) is 10.2. The van der Waals surface area contributed by atoms with Crippen molar-refractivity contribution in [2.24, 2.45) is 30.0 Å². The second-order valence-electron chi connectivity index (χ2n) is 7.13. The Morgan fingerprint density at radius 1 is 0.447 bits per heavy atom. The molecule has 0 fully saturated rings. The molecule has 15 heteroatoms. The first-order valence-electron chi connectivity index (χ1n) is 10.2. The fourth-order valence-corrected chi connectivity index (χ4v) is 2.81. The Bertz CT molecular complexity index is 1020. The summed E-state index contributed by atoms with van der Waals surface area (Å²) in [5, 5.41) is 54.5. The van der Waals surface area contributed by atoms with E-state index >= 15 is 0 Å². The normalized spacial score (nSPS) is 23.2. The van der Waals surface area contributed by atoms with Crippen LogP contribution < -0.4 is 30.6 Å². The smallest absolute Gasteiger partial charge is 0.879 e. The quantitative estimate of drug-likeness (QED) is 0.198. The van der Waals surface area contributed by atoms with Gasteiger partial charge < -0.3 is 42.6 Å². The second-order valence-corrected chi connectivity index (χ2v) is 7.13. The van der Waals surface area contributed by atoms with Crippen molar-refractivity contribution in [1.29, 1.82) is 0 Å². The fraction of sp³-hybridized carbons (Fsp3) is 0.217. The summed E-state index contributed by atoms with van der Waals surface area (Å²) >= 11 is 0. The van der Waals surface area contributed by atoms with E-state index in [1.165, 1.54) is 0 Å². The van der Waals surface area contributed by atoms with Gasteiger partial charge in [0.2, 0.25) is 0 Å². The van der Waals surface area contributed by atoms with Gasteiger partial charge in [0.15, 0.2) is 0 Å². The van der Waals surface area contributed by atoms with E-state index in [0.717, 1.165) is 17.1 Å². The van der Waals surface area contributed by atoms with E-state index in [-0.39, 0.29) is 76.6 Å². The Morgan fingerprint density at radius 2 is 0.711 bits per heavy atom. The summed E-state index contributed by atoms with van der Waals surface area (Å²) in [7, 11) is 0. The van der Waals surface area contributed by atoms with Gasteiger partial charge in [0.05, 0.1) is 17.1 Å². The van der Waals surface area contributed by atoms with Crippen molar-refractivity contribution in [2.75, 3.05) is 0 Å². The Balaban J connectivity index is 0.000000469. The Labute approximate surface area is 256 Å². The monoisotopic (exact) mass is 666 g/mol. The molecule has 3 atom stereocenters. The maximum Gasteiger partial charge on any atom is 2.00 e. The third kappa shape index (κ3) is 11.1. The predicted octanol–water partition coefficient (Wildman–Crippen LogP) is -4.66. The molecule has 12 nitrogen and oxygen atoms in total. The summed E-state index contributed by atoms with van der Waals surface area (Å²) in [5.74, 6) is -9.96. The van der Waals surface area contributed by atoms with Gasteiger partial charge in [-0.05, 0) is 18.2 Å². The summed E-state index contributed by atoms with van der Waals surface area (Å²) in [6, 6.07) is 0.653. The first-order chi connectivity index (χ1) is 16.6. The molecule has 0 bridgehead atoms. The molecule has 3 aliphatic carbocycles. The largest absolute Gasteiger partial charge is 2.00 e. The van der Waals surface area contributed by atoms with E-state index in [9.17, 15) is 0 Å². The van der Waals surface area contributed by atoms with Gasteiger partial charge in [-0.15, -0.1) is 0 Å². The van der Waals surface area contributed by atoms with E-state index < -0.39 is 11.9 Å². The van der Waals surface area contributed by atoms with Crippen LogP contribution in [0.4, 0.5) is 0 Å². The van der Waals surface area contributed by atoms with Crippen molar-refractivity contribution in [3.63, 3.8) is 0 Å². The van der Waals surface area contributed by atoms with E-state index in [4.69, 9.17) is 30.6 Å². The molecule has 0 radical (unpaired) electrons. The van der Waals surface area contributed by atoms with Gasteiger partial charge in [0.1, 0.15) is 37.1 Å². The van der Waals surface area contributed by atoms with Gasteiger partial charge in [-0.2, -0.15) is 0 Å². The Hall–Kier alpha value is -1.91. The molecule has 0 aromatic carbocycles. The maximum atomic E-state index is 9.08. The Morgan fingerprint density at radius 3 is 0.921 bits per heavy atom. The average Bonchev–Trinajstić information content (AvgIpc) is 3.59. The molecule has 6 rings (SSSR count). The van der Waals surface area contributed by atoms with Crippen LogP contribution in [0, 0.1) is 0 Å². The molecule has 3 heterocycles. The van der Waals surface area contributed by atoms with E-state index in [1.54, 1.807) is 19.0 Å². The number of aliphatic imine (C=N–C) groups is 6. The van der Waals surface area contributed by atoms with E-state index in [1.807, 2.05) is 72.9 Å². The Kier molecular flexibility index (Phi) is 16.1. The van der Waals surface area contributed by atoms with Crippen molar-refractivity contribution in [3.8, 4) is 0 Å². The van der Waals surface area contributed by atoms with Crippen LogP contribution in [0.5, 0.6) is 0 Å². The van der Waals surface area contributed by atoms with Gasteiger partial charge in [-0.3, -0.25) is 15.0 Å². The van der Waals surface area contributed by atoms with Gasteiger partial charge in [-0.25, -0.2) is 15.0 Å². The summed E-state index contributed by atoms with van der Waals surface area (Å²) < 4.78 is 0. The molecule has 6 aliphatic rings. The number of hydrogen-bond acceptors (Lipinski definition) is 12. The molecule has 182 valence electrons. The molecule has 0 saturated carbocycles. The van der Waals surface area contributed by atoms with E-state index in [2.05, 4.69) is 30.0 Å². The molecule has 0 amide bonds. The average molecular weight is 671 g/mol. The number of fused-ring (bicyclic) bond motifs is 3. The van der Waals surface area contributed by atoms with Crippen molar-refractivity contribution in [3.05, 3.63) is 72.9 Å². The van der Waals surface area contributed by atoms with Crippen LogP contribution in [0.3, 0.4) is 0 Å². The molecule has 3 unspecified atom stereocenters. The topological polar surface area (TPSA) is 213 Å².